The Kier molecular flexibility index (Phi) is 5.39. The number of benzene rings is 1. The number of piperidine rings is 1. The second-order valence-electron chi connectivity index (χ2n) is 5.68. The molecule has 120 valence electrons. The largest absolute Gasteiger partial charge is 0.481 e. The van der Waals surface area contributed by atoms with Crippen LogP contribution >= 0.6 is 15.9 Å². The van der Waals surface area contributed by atoms with Gasteiger partial charge in [0.2, 0.25) is 0 Å². The highest BCUT2D eigenvalue weighted by Gasteiger charge is 2.31. The van der Waals surface area contributed by atoms with E-state index in [9.17, 15) is 14.0 Å². The summed E-state index contributed by atoms with van der Waals surface area (Å²) in [4.78, 5) is 24.8. The van der Waals surface area contributed by atoms with Crippen molar-refractivity contribution in [2.75, 3.05) is 13.1 Å². The van der Waals surface area contributed by atoms with Gasteiger partial charge in [0.05, 0.1) is 5.92 Å². The fourth-order valence-electron chi connectivity index (χ4n) is 2.66. The van der Waals surface area contributed by atoms with Crippen molar-refractivity contribution in [1.82, 2.24) is 10.2 Å². The van der Waals surface area contributed by atoms with Crippen molar-refractivity contribution in [1.29, 1.82) is 0 Å². The number of carboxylic acid groups (broad SMARTS) is 1. The minimum absolute atomic E-state index is 0.0622. The van der Waals surface area contributed by atoms with Gasteiger partial charge in [-0.15, -0.1) is 0 Å². The zero-order valence-electron chi connectivity index (χ0n) is 12.2. The summed E-state index contributed by atoms with van der Waals surface area (Å²) in [6.45, 7) is 2.68. The Labute approximate surface area is 136 Å². The number of nitrogens with zero attached hydrogens (tertiary/aromatic N) is 1. The molecule has 0 aliphatic carbocycles. The smallest absolute Gasteiger partial charge is 0.317 e. The molecule has 22 heavy (non-hydrogen) atoms. The summed E-state index contributed by atoms with van der Waals surface area (Å²) < 4.78 is 14.4. The summed E-state index contributed by atoms with van der Waals surface area (Å²) >= 11 is 3.26. The van der Waals surface area contributed by atoms with Gasteiger partial charge in [-0.25, -0.2) is 9.18 Å². The van der Waals surface area contributed by atoms with Crippen molar-refractivity contribution in [2.45, 2.75) is 19.9 Å². The van der Waals surface area contributed by atoms with E-state index in [0.29, 0.717) is 18.5 Å². The zero-order valence-corrected chi connectivity index (χ0v) is 13.8. The van der Waals surface area contributed by atoms with E-state index < -0.39 is 11.9 Å². The lowest BCUT2D eigenvalue weighted by molar-refractivity contribution is -0.143. The number of urea groups is 1. The van der Waals surface area contributed by atoms with E-state index in [1.807, 2.05) is 6.92 Å². The maximum atomic E-state index is 13.6. The Balaban J connectivity index is 1.96. The van der Waals surface area contributed by atoms with E-state index in [4.69, 9.17) is 5.11 Å². The van der Waals surface area contributed by atoms with Gasteiger partial charge in [-0.05, 0) is 30.5 Å². The number of carbonyl (C=O) groups is 2. The second-order valence-corrected chi connectivity index (χ2v) is 6.59. The molecule has 7 heteroatoms. The molecule has 0 radical (unpaired) electrons. The molecular weight excluding hydrogens is 355 g/mol. The van der Waals surface area contributed by atoms with E-state index in [1.165, 1.54) is 11.0 Å². The van der Waals surface area contributed by atoms with E-state index in [-0.39, 0.29) is 30.9 Å². The molecule has 2 atom stereocenters. The SMILES string of the molecule is CC1CC(C(=O)O)CN(C(=O)NCc2cc(Br)ccc2F)C1. The maximum Gasteiger partial charge on any atom is 0.317 e. The van der Waals surface area contributed by atoms with Crippen molar-refractivity contribution in [3.8, 4) is 0 Å². The molecular formula is C15H18BrFN2O3. The summed E-state index contributed by atoms with van der Waals surface area (Å²) in [7, 11) is 0. The van der Waals surface area contributed by atoms with Crippen LogP contribution in [-0.4, -0.2) is 35.1 Å². The van der Waals surface area contributed by atoms with E-state index in [1.54, 1.807) is 12.1 Å². The Morgan fingerprint density at radius 1 is 1.45 bits per heavy atom. The van der Waals surface area contributed by atoms with Crippen LogP contribution < -0.4 is 5.32 Å². The standard InChI is InChI=1S/C15H18BrFN2O3/c1-9-4-11(14(20)21)8-19(7-9)15(22)18-6-10-5-12(16)2-3-13(10)17/h2-3,5,9,11H,4,6-8H2,1H3,(H,18,22)(H,20,21). The summed E-state index contributed by atoms with van der Waals surface area (Å²) in [5.74, 6) is -1.69. The third-order valence-corrected chi connectivity index (χ3v) is 4.23. The Hall–Kier alpha value is -1.63. The van der Waals surface area contributed by atoms with E-state index in [0.717, 1.165) is 4.47 Å². The van der Waals surface area contributed by atoms with Gasteiger partial charge in [0.25, 0.3) is 0 Å². The van der Waals surface area contributed by atoms with Crippen molar-refractivity contribution >= 4 is 27.9 Å². The minimum atomic E-state index is -0.887. The van der Waals surface area contributed by atoms with Crippen LogP contribution in [0, 0.1) is 17.7 Å². The lowest BCUT2D eigenvalue weighted by Crippen LogP contribution is -2.49. The second kappa shape index (κ2) is 7.09. The number of rotatable bonds is 3. The van der Waals surface area contributed by atoms with Gasteiger partial charge in [-0.3, -0.25) is 4.79 Å². The number of likely N-dealkylation sites (tertiary alicyclic amines) is 1. The zero-order chi connectivity index (χ0) is 16.3. The molecule has 2 unspecified atom stereocenters. The molecule has 0 bridgehead atoms. The van der Waals surface area contributed by atoms with Gasteiger partial charge >= 0.3 is 12.0 Å². The quantitative estimate of drug-likeness (QED) is 0.856. The Morgan fingerprint density at radius 3 is 2.86 bits per heavy atom. The first-order valence-electron chi connectivity index (χ1n) is 7.06. The maximum absolute atomic E-state index is 13.6. The molecule has 2 rings (SSSR count). The predicted molar refractivity (Wildman–Crippen MR) is 82.8 cm³/mol. The third kappa shape index (κ3) is 4.19. The van der Waals surface area contributed by atoms with Crippen molar-refractivity contribution in [3.05, 3.63) is 34.1 Å². The number of amides is 2. The summed E-state index contributed by atoms with van der Waals surface area (Å²) in [6, 6.07) is 4.16. The van der Waals surface area contributed by atoms with Crippen LogP contribution in [-0.2, 0) is 11.3 Å². The lowest BCUT2D eigenvalue weighted by atomic mass is 9.91. The number of halogens is 2. The highest BCUT2D eigenvalue weighted by molar-refractivity contribution is 9.10. The lowest BCUT2D eigenvalue weighted by Gasteiger charge is -2.34. The topological polar surface area (TPSA) is 69.6 Å². The molecule has 2 amide bonds. The minimum Gasteiger partial charge on any atom is -0.481 e. The molecule has 1 aliphatic heterocycles. The molecule has 1 fully saturated rings. The van der Waals surface area contributed by atoms with E-state index >= 15 is 0 Å². The number of aliphatic carboxylic acids is 1. The van der Waals surface area contributed by atoms with E-state index in [2.05, 4.69) is 21.2 Å². The highest BCUT2D eigenvalue weighted by atomic mass is 79.9. The number of nitrogens with one attached hydrogen (secondary N) is 1. The average Bonchev–Trinajstić information content (AvgIpc) is 2.47. The van der Waals surface area contributed by atoms with Gasteiger partial charge in [0.1, 0.15) is 5.82 Å². The van der Waals surface area contributed by atoms with Crippen LogP contribution in [0.2, 0.25) is 0 Å². The molecule has 1 aromatic rings. The van der Waals surface area contributed by atoms with Gasteiger partial charge in [-0.1, -0.05) is 22.9 Å². The van der Waals surface area contributed by atoms with Gasteiger partial charge in [-0.2, -0.15) is 0 Å². The number of hydrogen-bond donors (Lipinski definition) is 2. The summed E-state index contributed by atoms with van der Waals surface area (Å²) in [5, 5.41) is 11.8. The molecule has 0 aromatic heterocycles. The third-order valence-electron chi connectivity index (χ3n) is 3.73. The fraction of sp³-hybridized carbons (Fsp3) is 0.467. The van der Waals surface area contributed by atoms with Crippen molar-refractivity contribution in [3.63, 3.8) is 0 Å². The van der Waals surface area contributed by atoms with Crippen LogP contribution in [0.5, 0.6) is 0 Å². The van der Waals surface area contributed by atoms with Crippen molar-refractivity contribution < 1.29 is 19.1 Å². The first-order chi connectivity index (χ1) is 10.4. The van der Waals surface area contributed by atoms with Gasteiger partial charge in [0, 0.05) is 29.7 Å². The summed E-state index contributed by atoms with van der Waals surface area (Å²) in [5.41, 5.74) is 0.377. The number of carboxylic acids is 1. The molecule has 0 saturated carbocycles. The van der Waals surface area contributed by atoms with Gasteiger partial charge in [0.15, 0.2) is 0 Å². The highest BCUT2D eigenvalue weighted by Crippen LogP contribution is 2.22. The van der Waals surface area contributed by atoms with Crippen LogP contribution in [0.25, 0.3) is 0 Å². The average molecular weight is 373 g/mol. The molecule has 1 aromatic carbocycles. The first kappa shape index (κ1) is 16.7. The Bertz CT molecular complexity index is 582. The van der Waals surface area contributed by atoms with Crippen LogP contribution in [0.15, 0.2) is 22.7 Å². The molecule has 1 aliphatic rings. The summed E-state index contributed by atoms with van der Waals surface area (Å²) in [6.07, 6.45) is 0.569. The fourth-order valence-corrected chi connectivity index (χ4v) is 3.07. The van der Waals surface area contributed by atoms with Crippen LogP contribution in [0.4, 0.5) is 9.18 Å². The Morgan fingerprint density at radius 2 is 2.18 bits per heavy atom. The van der Waals surface area contributed by atoms with Gasteiger partial charge < -0.3 is 15.3 Å². The molecule has 5 nitrogen and oxygen atoms in total. The first-order valence-corrected chi connectivity index (χ1v) is 7.85. The molecule has 1 saturated heterocycles. The molecule has 2 N–H and O–H groups in total. The van der Waals surface area contributed by atoms with Crippen molar-refractivity contribution in [2.24, 2.45) is 11.8 Å². The predicted octanol–water partition coefficient (Wildman–Crippen LogP) is 2.84. The van der Waals surface area contributed by atoms with Crippen LogP contribution in [0.1, 0.15) is 18.9 Å². The number of carbonyl (C=O) groups excluding carboxylic acids is 1. The van der Waals surface area contributed by atoms with Crippen LogP contribution in [0.3, 0.4) is 0 Å². The number of hydrogen-bond acceptors (Lipinski definition) is 2. The molecule has 1 heterocycles. The molecule has 0 spiro atoms. The monoisotopic (exact) mass is 372 g/mol. The normalized spacial score (nSPS) is 21.5.